The van der Waals surface area contributed by atoms with E-state index in [1.54, 1.807) is 11.8 Å². The van der Waals surface area contributed by atoms with Crippen molar-refractivity contribution in [2.45, 2.75) is 18.4 Å². The summed E-state index contributed by atoms with van der Waals surface area (Å²) in [5.41, 5.74) is 1.18. The number of hydrogen-bond acceptors (Lipinski definition) is 4. The molecule has 0 aliphatic heterocycles. The fourth-order valence-corrected chi connectivity index (χ4v) is 2.25. The van der Waals surface area contributed by atoms with Crippen molar-refractivity contribution in [3.05, 3.63) is 29.8 Å². The second-order valence-electron chi connectivity index (χ2n) is 4.85. The predicted octanol–water partition coefficient (Wildman–Crippen LogP) is 1.09. The fourth-order valence-electron chi connectivity index (χ4n) is 1.84. The smallest absolute Gasteiger partial charge is 0.234 e. The van der Waals surface area contributed by atoms with Gasteiger partial charge in [0, 0.05) is 31.5 Å². The van der Waals surface area contributed by atoms with Crippen LogP contribution in [0.5, 0.6) is 0 Å². The standard InChI is InChI=1S/C15H23N3O2S/c1-12(19)16-8-9-17-15(20)11-18(2)10-13-4-6-14(21-3)7-5-13/h4-7H,8-11H2,1-3H3,(H,16,19)(H,17,20). The number of rotatable bonds is 8. The lowest BCUT2D eigenvalue weighted by Crippen LogP contribution is -2.38. The quantitative estimate of drug-likeness (QED) is 0.557. The summed E-state index contributed by atoms with van der Waals surface area (Å²) in [6.45, 7) is 3.44. The number of likely N-dealkylation sites (N-methyl/N-ethyl adjacent to an activating group) is 1. The summed E-state index contributed by atoms with van der Waals surface area (Å²) < 4.78 is 0. The summed E-state index contributed by atoms with van der Waals surface area (Å²) in [7, 11) is 1.91. The first-order valence-corrected chi connectivity index (χ1v) is 8.06. The Balaban J connectivity index is 2.26. The Morgan fingerprint density at radius 1 is 1.14 bits per heavy atom. The molecule has 2 N–H and O–H groups in total. The highest BCUT2D eigenvalue weighted by atomic mass is 32.2. The van der Waals surface area contributed by atoms with Gasteiger partial charge < -0.3 is 10.6 Å². The number of carbonyl (C=O) groups excluding carboxylic acids is 2. The number of hydrogen-bond donors (Lipinski definition) is 2. The maximum Gasteiger partial charge on any atom is 0.234 e. The van der Waals surface area contributed by atoms with E-state index < -0.39 is 0 Å². The van der Waals surface area contributed by atoms with Gasteiger partial charge in [-0.3, -0.25) is 14.5 Å². The van der Waals surface area contributed by atoms with Crippen molar-refractivity contribution in [3.8, 4) is 0 Å². The monoisotopic (exact) mass is 309 g/mol. The molecule has 0 atom stereocenters. The van der Waals surface area contributed by atoms with Gasteiger partial charge >= 0.3 is 0 Å². The van der Waals surface area contributed by atoms with Crippen molar-refractivity contribution in [3.63, 3.8) is 0 Å². The topological polar surface area (TPSA) is 61.4 Å². The molecule has 0 saturated heterocycles. The minimum atomic E-state index is -0.0879. The molecule has 0 saturated carbocycles. The molecule has 21 heavy (non-hydrogen) atoms. The molecule has 116 valence electrons. The Bertz CT molecular complexity index is 462. The first kappa shape index (κ1) is 17.5. The molecule has 0 fully saturated rings. The summed E-state index contributed by atoms with van der Waals surface area (Å²) >= 11 is 1.71. The van der Waals surface area contributed by atoms with Gasteiger partial charge in [-0.05, 0) is 31.0 Å². The molecule has 0 unspecified atom stereocenters. The molecule has 0 aromatic heterocycles. The van der Waals surface area contributed by atoms with E-state index in [0.717, 1.165) is 6.54 Å². The third-order valence-corrected chi connectivity index (χ3v) is 3.59. The van der Waals surface area contributed by atoms with Gasteiger partial charge in [0.25, 0.3) is 0 Å². The molecule has 0 bridgehead atoms. The summed E-state index contributed by atoms with van der Waals surface area (Å²) in [5, 5.41) is 5.41. The van der Waals surface area contributed by atoms with Crippen LogP contribution in [0, 0.1) is 0 Å². The largest absolute Gasteiger partial charge is 0.355 e. The van der Waals surface area contributed by atoms with Crippen LogP contribution in [0.4, 0.5) is 0 Å². The average molecular weight is 309 g/mol. The van der Waals surface area contributed by atoms with Crippen molar-refractivity contribution in [2.75, 3.05) is 32.9 Å². The van der Waals surface area contributed by atoms with Gasteiger partial charge in [-0.15, -0.1) is 11.8 Å². The van der Waals surface area contributed by atoms with E-state index in [4.69, 9.17) is 0 Å². The lowest BCUT2D eigenvalue weighted by Gasteiger charge is -2.16. The number of nitrogens with zero attached hydrogens (tertiary/aromatic N) is 1. The Labute approximate surface area is 130 Å². The normalized spacial score (nSPS) is 10.5. The molecule has 0 aliphatic carbocycles. The average Bonchev–Trinajstić information content (AvgIpc) is 2.44. The van der Waals surface area contributed by atoms with Crippen LogP contribution >= 0.6 is 11.8 Å². The molecule has 1 aromatic rings. The lowest BCUT2D eigenvalue weighted by atomic mass is 10.2. The Hall–Kier alpha value is -1.53. The van der Waals surface area contributed by atoms with Crippen molar-refractivity contribution < 1.29 is 9.59 Å². The zero-order chi connectivity index (χ0) is 15.7. The fraction of sp³-hybridized carbons (Fsp3) is 0.467. The SMILES string of the molecule is CSc1ccc(CN(C)CC(=O)NCCNC(C)=O)cc1. The summed E-state index contributed by atoms with van der Waals surface area (Å²) in [5.74, 6) is -0.126. The molecule has 0 heterocycles. The number of thioether (sulfide) groups is 1. The molecule has 2 amide bonds. The maximum atomic E-state index is 11.7. The van der Waals surface area contributed by atoms with Crippen molar-refractivity contribution in [1.82, 2.24) is 15.5 Å². The van der Waals surface area contributed by atoms with Crippen LogP contribution in [-0.2, 0) is 16.1 Å². The molecular formula is C15H23N3O2S. The van der Waals surface area contributed by atoms with Crippen LogP contribution in [0.2, 0.25) is 0 Å². The van der Waals surface area contributed by atoms with Gasteiger partial charge in [-0.2, -0.15) is 0 Å². The highest BCUT2D eigenvalue weighted by Crippen LogP contribution is 2.15. The Morgan fingerprint density at radius 2 is 1.76 bits per heavy atom. The third kappa shape index (κ3) is 7.72. The zero-order valence-electron chi connectivity index (χ0n) is 12.8. The number of benzene rings is 1. The van der Waals surface area contributed by atoms with Crippen LogP contribution in [-0.4, -0.2) is 49.7 Å². The maximum absolute atomic E-state index is 11.7. The lowest BCUT2D eigenvalue weighted by molar-refractivity contribution is -0.122. The minimum Gasteiger partial charge on any atom is -0.355 e. The number of carbonyl (C=O) groups is 2. The van der Waals surface area contributed by atoms with Gasteiger partial charge in [-0.25, -0.2) is 0 Å². The van der Waals surface area contributed by atoms with E-state index in [2.05, 4.69) is 34.9 Å². The van der Waals surface area contributed by atoms with Crippen LogP contribution in [0.1, 0.15) is 12.5 Å². The molecule has 0 radical (unpaired) electrons. The van der Waals surface area contributed by atoms with E-state index in [1.807, 2.05) is 18.2 Å². The van der Waals surface area contributed by atoms with Gasteiger partial charge in [0.15, 0.2) is 0 Å². The molecule has 1 rings (SSSR count). The molecule has 0 aliphatic rings. The van der Waals surface area contributed by atoms with Gasteiger partial charge in [0.2, 0.25) is 11.8 Å². The Morgan fingerprint density at radius 3 is 2.33 bits per heavy atom. The van der Waals surface area contributed by atoms with Gasteiger partial charge in [0.05, 0.1) is 6.54 Å². The summed E-state index contributed by atoms with van der Waals surface area (Å²) in [6, 6.07) is 8.33. The predicted molar refractivity (Wildman–Crippen MR) is 86.3 cm³/mol. The number of nitrogens with one attached hydrogen (secondary N) is 2. The molecule has 0 spiro atoms. The second kappa shape index (κ2) is 9.41. The van der Waals surface area contributed by atoms with Gasteiger partial charge in [0.1, 0.15) is 0 Å². The number of amides is 2. The van der Waals surface area contributed by atoms with E-state index in [1.165, 1.54) is 17.4 Å². The van der Waals surface area contributed by atoms with Crippen LogP contribution in [0.25, 0.3) is 0 Å². The third-order valence-electron chi connectivity index (χ3n) is 2.85. The van der Waals surface area contributed by atoms with E-state index in [-0.39, 0.29) is 11.8 Å². The van der Waals surface area contributed by atoms with Crippen molar-refractivity contribution in [1.29, 1.82) is 0 Å². The molecule has 1 aromatic carbocycles. The highest BCUT2D eigenvalue weighted by Gasteiger charge is 2.06. The van der Waals surface area contributed by atoms with Crippen molar-refractivity contribution in [2.24, 2.45) is 0 Å². The van der Waals surface area contributed by atoms with Crippen LogP contribution in [0.15, 0.2) is 29.2 Å². The van der Waals surface area contributed by atoms with E-state index in [9.17, 15) is 9.59 Å². The second-order valence-corrected chi connectivity index (χ2v) is 5.73. The summed E-state index contributed by atoms with van der Waals surface area (Å²) in [6.07, 6.45) is 2.05. The first-order valence-electron chi connectivity index (χ1n) is 6.84. The molecular weight excluding hydrogens is 286 g/mol. The molecule has 6 heteroatoms. The first-order chi connectivity index (χ1) is 10.0. The summed E-state index contributed by atoms with van der Waals surface area (Å²) in [4.78, 5) is 25.6. The zero-order valence-corrected chi connectivity index (χ0v) is 13.6. The molecule has 5 nitrogen and oxygen atoms in total. The Kier molecular flexibility index (Phi) is 7.85. The highest BCUT2D eigenvalue weighted by molar-refractivity contribution is 7.98. The van der Waals surface area contributed by atoms with Crippen LogP contribution < -0.4 is 10.6 Å². The minimum absolute atomic E-state index is 0.0383. The van der Waals surface area contributed by atoms with Crippen LogP contribution in [0.3, 0.4) is 0 Å². The van der Waals surface area contributed by atoms with Gasteiger partial charge in [-0.1, -0.05) is 12.1 Å². The van der Waals surface area contributed by atoms with Crippen molar-refractivity contribution >= 4 is 23.6 Å². The van der Waals surface area contributed by atoms with E-state index in [0.29, 0.717) is 19.6 Å². The van der Waals surface area contributed by atoms with E-state index >= 15 is 0 Å².